The van der Waals surface area contributed by atoms with Crippen LogP contribution in [0.4, 0.5) is 0 Å². The molecule has 0 aromatic carbocycles. The molecule has 1 rings (SSSR count). The Morgan fingerprint density at radius 3 is 2.87 bits per heavy atom. The van der Waals surface area contributed by atoms with Gasteiger partial charge in [-0.2, -0.15) is 0 Å². The topological polar surface area (TPSA) is 29.5 Å². The molecule has 3 nitrogen and oxygen atoms in total. The summed E-state index contributed by atoms with van der Waals surface area (Å²) in [7, 11) is 1.58. The van der Waals surface area contributed by atoms with Crippen molar-refractivity contribution in [1.82, 2.24) is 4.90 Å². The number of ketones is 1. The van der Waals surface area contributed by atoms with E-state index in [2.05, 4.69) is 11.8 Å². The molecule has 0 aromatic rings. The summed E-state index contributed by atoms with van der Waals surface area (Å²) in [5, 5.41) is 0. The Kier molecular flexibility index (Phi) is 5.88. The molecule has 0 saturated carbocycles. The van der Waals surface area contributed by atoms with Crippen LogP contribution in [-0.2, 0) is 9.53 Å². The molecule has 3 heteroatoms. The Bertz CT molecular complexity index is 194. The van der Waals surface area contributed by atoms with Crippen molar-refractivity contribution in [2.45, 2.75) is 32.6 Å². The molecule has 1 unspecified atom stereocenters. The van der Waals surface area contributed by atoms with Crippen molar-refractivity contribution in [2.24, 2.45) is 5.92 Å². The molecule has 1 atom stereocenters. The highest BCUT2D eigenvalue weighted by Crippen LogP contribution is 2.19. The average Bonchev–Trinajstić information content (AvgIpc) is 2.43. The molecule has 0 aliphatic carbocycles. The van der Waals surface area contributed by atoms with Crippen molar-refractivity contribution in [3.8, 4) is 0 Å². The van der Waals surface area contributed by atoms with Crippen LogP contribution >= 0.6 is 0 Å². The van der Waals surface area contributed by atoms with Crippen LogP contribution in [0.5, 0.6) is 0 Å². The van der Waals surface area contributed by atoms with Gasteiger partial charge in [0.05, 0.1) is 6.54 Å². The maximum Gasteiger partial charge on any atom is 0.172 e. The van der Waals surface area contributed by atoms with E-state index >= 15 is 0 Å². The monoisotopic (exact) mass is 213 g/mol. The second-order valence-corrected chi connectivity index (χ2v) is 4.45. The minimum atomic E-state index is 0.201. The van der Waals surface area contributed by atoms with Crippen LogP contribution in [0.2, 0.25) is 0 Å². The summed E-state index contributed by atoms with van der Waals surface area (Å²) in [6.45, 7) is 5.24. The van der Waals surface area contributed by atoms with Crippen molar-refractivity contribution in [3.63, 3.8) is 0 Å². The summed E-state index contributed by atoms with van der Waals surface area (Å²) >= 11 is 0. The van der Waals surface area contributed by atoms with Crippen molar-refractivity contribution < 1.29 is 9.53 Å². The molecule has 0 amide bonds. The highest BCUT2D eigenvalue weighted by atomic mass is 16.5. The number of Topliss-reactive ketones (excluding diaryl/α,β-unsaturated/α-hetero) is 1. The van der Waals surface area contributed by atoms with Gasteiger partial charge in [-0.25, -0.2) is 0 Å². The number of carbonyl (C=O) groups is 1. The van der Waals surface area contributed by atoms with Crippen LogP contribution in [-0.4, -0.2) is 44.0 Å². The van der Waals surface area contributed by atoms with Crippen LogP contribution in [0.25, 0.3) is 0 Å². The molecular weight excluding hydrogens is 190 g/mol. The zero-order valence-corrected chi connectivity index (χ0v) is 10.00. The van der Waals surface area contributed by atoms with Crippen molar-refractivity contribution in [2.75, 3.05) is 33.4 Å². The molecule has 1 heterocycles. The lowest BCUT2D eigenvalue weighted by molar-refractivity contribution is -0.123. The molecular formula is C12H23NO2. The van der Waals surface area contributed by atoms with Gasteiger partial charge < -0.3 is 4.74 Å². The smallest absolute Gasteiger partial charge is 0.172 e. The fraction of sp³-hybridized carbons (Fsp3) is 0.917. The predicted octanol–water partition coefficient (Wildman–Crippen LogP) is 1.71. The van der Waals surface area contributed by atoms with Gasteiger partial charge in [0.15, 0.2) is 5.78 Å². The van der Waals surface area contributed by atoms with Gasteiger partial charge in [0, 0.05) is 7.11 Å². The van der Waals surface area contributed by atoms with E-state index in [0.717, 1.165) is 19.0 Å². The van der Waals surface area contributed by atoms with Gasteiger partial charge in [-0.3, -0.25) is 9.69 Å². The molecule has 0 N–H and O–H groups in total. The Morgan fingerprint density at radius 1 is 1.40 bits per heavy atom. The third-order valence-corrected chi connectivity index (χ3v) is 3.22. The Labute approximate surface area is 92.8 Å². The van der Waals surface area contributed by atoms with E-state index < -0.39 is 0 Å². The van der Waals surface area contributed by atoms with Crippen LogP contribution in [0.1, 0.15) is 32.6 Å². The summed E-state index contributed by atoms with van der Waals surface area (Å²) in [5.74, 6) is 1.07. The number of methoxy groups -OCH3 is 1. The largest absolute Gasteiger partial charge is 0.377 e. The normalized spacial score (nSPS) is 23.7. The first-order chi connectivity index (χ1) is 7.26. The average molecular weight is 213 g/mol. The predicted molar refractivity (Wildman–Crippen MR) is 61.0 cm³/mol. The van der Waals surface area contributed by atoms with Crippen molar-refractivity contribution in [3.05, 3.63) is 0 Å². The quantitative estimate of drug-likeness (QED) is 0.696. The molecule has 0 aromatic heterocycles. The highest BCUT2D eigenvalue weighted by Gasteiger charge is 2.17. The fourth-order valence-electron chi connectivity index (χ4n) is 2.25. The molecule has 1 aliphatic heterocycles. The summed E-state index contributed by atoms with van der Waals surface area (Å²) < 4.78 is 4.84. The third-order valence-electron chi connectivity index (χ3n) is 3.22. The number of ether oxygens (including phenoxy) is 1. The van der Waals surface area contributed by atoms with E-state index in [-0.39, 0.29) is 12.4 Å². The minimum Gasteiger partial charge on any atom is -0.377 e. The summed E-state index contributed by atoms with van der Waals surface area (Å²) in [6, 6.07) is 0. The lowest BCUT2D eigenvalue weighted by atomic mass is 9.98. The minimum absolute atomic E-state index is 0.201. The lowest BCUT2D eigenvalue weighted by Crippen LogP contribution is -2.32. The first-order valence-corrected chi connectivity index (χ1v) is 5.99. The molecule has 0 spiro atoms. The molecule has 1 fully saturated rings. The molecule has 0 radical (unpaired) electrons. The summed E-state index contributed by atoms with van der Waals surface area (Å²) in [6.07, 6.45) is 5.08. The van der Waals surface area contributed by atoms with Gasteiger partial charge in [-0.05, 0) is 38.3 Å². The van der Waals surface area contributed by atoms with Gasteiger partial charge >= 0.3 is 0 Å². The first-order valence-electron chi connectivity index (χ1n) is 5.99. The fourth-order valence-corrected chi connectivity index (χ4v) is 2.25. The second kappa shape index (κ2) is 6.96. The zero-order chi connectivity index (χ0) is 11.1. The van der Waals surface area contributed by atoms with Crippen molar-refractivity contribution >= 4 is 5.78 Å². The van der Waals surface area contributed by atoms with Gasteiger partial charge in [0.25, 0.3) is 0 Å². The number of likely N-dealkylation sites (tertiary alicyclic amines) is 1. The number of hydrogen-bond acceptors (Lipinski definition) is 3. The molecule has 1 saturated heterocycles. The van der Waals surface area contributed by atoms with Gasteiger partial charge in [0.1, 0.15) is 6.61 Å². The molecule has 1 aliphatic rings. The number of rotatable bonds is 5. The van der Waals surface area contributed by atoms with E-state index in [1.165, 1.54) is 25.7 Å². The Hall–Kier alpha value is -0.410. The number of carbonyl (C=O) groups excluding carboxylic acids is 1. The Balaban J connectivity index is 2.27. The standard InChI is InChI=1S/C12H23NO2/c1-3-11-5-4-7-13(8-6-11)9-12(14)10-15-2/h11H,3-10H2,1-2H3. The molecule has 88 valence electrons. The number of nitrogens with zero attached hydrogens (tertiary/aromatic N) is 1. The van der Waals surface area contributed by atoms with Gasteiger partial charge in [-0.1, -0.05) is 13.3 Å². The summed E-state index contributed by atoms with van der Waals surface area (Å²) in [4.78, 5) is 13.7. The van der Waals surface area contributed by atoms with Crippen molar-refractivity contribution in [1.29, 1.82) is 0 Å². The van der Waals surface area contributed by atoms with Crippen LogP contribution < -0.4 is 0 Å². The SMILES string of the molecule is CCC1CCCN(CC(=O)COC)CC1. The van der Waals surface area contributed by atoms with E-state index in [4.69, 9.17) is 4.74 Å². The maximum absolute atomic E-state index is 11.4. The lowest BCUT2D eigenvalue weighted by Gasteiger charge is -2.18. The Morgan fingerprint density at radius 2 is 2.20 bits per heavy atom. The second-order valence-electron chi connectivity index (χ2n) is 4.45. The van der Waals surface area contributed by atoms with Gasteiger partial charge in [0.2, 0.25) is 0 Å². The summed E-state index contributed by atoms with van der Waals surface area (Å²) in [5.41, 5.74) is 0. The van der Waals surface area contributed by atoms with Crippen LogP contribution in [0.15, 0.2) is 0 Å². The van der Waals surface area contributed by atoms with Gasteiger partial charge in [-0.15, -0.1) is 0 Å². The third kappa shape index (κ3) is 4.76. The zero-order valence-electron chi connectivity index (χ0n) is 10.00. The highest BCUT2D eigenvalue weighted by molar-refractivity contribution is 5.81. The van der Waals surface area contributed by atoms with E-state index in [9.17, 15) is 4.79 Å². The van der Waals surface area contributed by atoms with E-state index in [1.54, 1.807) is 7.11 Å². The molecule has 0 bridgehead atoms. The van der Waals surface area contributed by atoms with Crippen LogP contribution in [0, 0.1) is 5.92 Å². The van der Waals surface area contributed by atoms with Crippen LogP contribution in [0.3, 0.4) is 0 Å². The number of hydrogen-bond donors (Lipinski definition) is 0. The maximum atomic E-state index is 11.4. The molecule has 15 heavy (non-hydrogen) atoms. The van der Waals surface area contributed by atoms with E-state index in [0.29, 0.717) is 6.54 Å². The van der Waals surface area contributed by atoms with E-state index in [1.807, 2.05) is 0 Å². The first kappa shape index (κ1) is 12.7.